The lowest BCUT2D eigenvalue weighted by atomic mass is 9.44. The first kappa shape index (κ1) is 17.0. The van der Waals surface area contributed by atoms with Crippen molar-refractivity contribution in [1.82, 2.24) is 0 Å². The van der Waals surface area contributed by atoms with Crippen LogP contribution in [0.2, 0.25) is 0 Å². The van der Waals surface area contributed by atoms with Crippen LogP contribution in [0.4, 0.5) is 0 Å². The van der Waals surface area contributed by atoms with E-state index in [0.29, 0.717) is 29.7 Å². The summed E-state index contributed by atoms with van der Waals surface area (Å²) < 4.78 is 0. The van der Waals surface area contributed by atoms with Crippen LogP contribution in [-0.4, -0.2) is 22.5 Å². The van der Waals surface area contributed by atoms with Gasteiger partial charge in [0.25, 0.3) is 0 Å². The van der Waals surface area contributed by atoms with Crippen molar-refractivity contribution < 1.29 is 9.90 Å². The van der Waals surface area contributed by atoms with Gasteiger partial charge in [0.1, 0.15) is 5.60 Å². The van der Waals surface area contributed by atoms with Gasteiger partial charge in [0, 0.05) is 11.5 Å². The molecule has 4 saturated carbocycles. The summed E-state index contributed by atoms with van der Waals surface area (Å²) in [5.74, 6) is 2.79. The predicted octanol–water partition coefficient (Wildman–Crippen LogP) is 3.68. The fraction of sp³-hybridized carbons (Fsp3) is 0.952. The van der Waals surface area contributed by atoms with Crippen molar-refractivity contribution in [3.8, 4) is 0 Å². The van der Waals surface area contributed by atoms with E-state index in [-0.39, 0.29) is 11.2 Å². The molecule has 0 aromatic carbocycles. The zero-order valence-corrected chi connectivity index (χ0v) is 15.7. The zero-order valence-electron chi connectivity index (χ0n) is 15.7. The van der Waals surface area contributed by atoms with E-state index in [1.807, 2.05) is 0 Å². The number of fused-ring (bicyclic) bond motifs is 5. The second-order valence-electron chi connectivity index (χ2n) is 10.1. The minimum atomic E-state index is -1.07. The molecule has 24 heavy (non-hydrogen) atoms. The molecule has 0 radical (unpaired) electrons. The van der Waals surface area contributed by atoms with Crippen LogP contribution < -0.4 is 5.73 Å². The minimum absolute atomic E-state index is 0.00510. The molecular formula is C21H35NO2. The maximum absolute atomic E-state index is 12.3. The molecule has 0 aliphatic heterocycles. The van der Waals surface area contributed by atoms with Crippen molar-refractivity contribution in [2.45, 2.75) is 90.2 Å². The van der Waals surface area contributed by atoms with Crippen molar-refractivity contribution in [3.05, 3.63) is 0 Å². The molecule has 3 nitrogen and oxygen atoms in total. The van der Waals surface area contributed by atoms with Crippen molar-refractivity contribution in [2.24, 2.45) is 40.2 Å². The summed E-state index contributed by atoms with van der Waals surface area (Å²) in [6.45, 7) is 6.35. The Kier molecular flexibility index (Phi) is 3.76. The lowest BCUT2D eigenvalue weighted by Gasteiger charge is -2.61. The Morgan fingerprint density at radius 3 is 2.42 bits per heavy atom. The van der Waals surface area contributed by atoms with Crippen molar-refractivity contribution in [1.29, 1.82) is 0 Å². The van der Waals surface area contributed by atoms with Crippen LogP contribution >= 0.6 is 0 Å². The summed E-state index contributed by atoms with van der Waals surface area (Å²) in [6, 6.07) is 0.405. The van der Waals surface area contributed by atoms with Gasteiger partial charge >= 0.3 is 0 Å². The van der Waals surface area contributed by atoms with Crippen LogP contribution in [0, 0.1) is 34.5 Å². The first-order valence-corrected chi connectivity index (χ1v) is 10.2. The number of rotatable bonds is 1. The van der Waals surface area contributed by atoms with Gasteiger partial charge in [-0.1, -0.05) is 13.8 Å². The van der Waals surface area contributed by atoms with Gasteiger partial charge in [0.05, 0.1) is 0 Å². The molecule has 0 bridgehead atoms. The van der Waals surface area contributed by atoms with Crippen LogP contribution in [0.1, 0.15) is 78.6 Å². The molecule has 8 atom stereocenters. The van der Waals surface area contributed by atoms with Gasteiger partial charge in [0.2, 0.25) is 0 Å². The molecular weight excluding hydrogens is 298 g/mol. The lowest BCUT2D eigenvalue weighted by molar-refractivity contribution is -0.167. The van der Waals surface area contributed by atoms with Gasteiger partial charge in [-0.25, -0.2) is 0 Å². The Balaban J connectivity index is 1.65. The molecule has 4 aliphatic carbocycles. The Labute approximate surface area is 146 Å². The summed E-state index contributed by atoms with van der Waals surface area (Å²) in [6.07, 6.45) is 10.2. The highest BCUT2D eigenvalue weighted by Gasteiger charge is 2.65. The number of carbonyl (C=O) groups is 1. The highest BCUT2D eigenvalue weighted by atomic mass is 16.3. The molecule has 4 rings (SSSR count). The SMILES string of the molecule is CC(=O)[C@@]1(O)CC[C@H]2[C@@H]3CC[C@H]4C[C@H](N)CC[C@]4(C)[C@H]3CC[C@@]21C. The van der Waals surface area contributed by atoms with Gasteiger partial charge < -0.3 is 10.8 Å². The minimum Gasteiger partial charge on any atom is -0.382 e. The Morgan fingerprint density at radius 1 is 1.00 bits per heavy atom. The normalized spacial score (nSPS) is 57.0. The van der Waals surface area contributed by atoms with Crippen LogP contribution in [0.3, 0.4) is 0 Å². The quantitative estimate of drug-likeness (QED) is 0.769. The first-order chi connectivity index (χ1) is 11.2. The maximum Gasteiger partial charge on any atom is 0.161 e. The van der Waals surface area contributed by atoms with E-state index in [4.69, 9.17) is 5.73 Å². The summed E-state index contributed by atoms with van der Waals surface area (Å²) in [5, 5.41) is 11.2. The average molecular weight is 334 g/mol. The predicted molar refractivity (Wildman–Crippen MR) is 95.3 cm³/mol. The van der Waals surface area contributed by atoms with Crippen molar-refractivity contribution in [2.75, 3.05) is 0 Å². The summed E-state index contributed by atoms with van der Waals surface area (Å²) in [7, 11) is 0. The Bertz CT molecular complexity index is 548. The first-order valence-electron chi connectivity index (χ1n) is 10.2. The number of carbonyl (C=O) groups excluding carboxylic acids is 1. The number of ketones is 1. The molecule has 3 N–H and O–H groups in total. The van der Waals surface area contributed by atoms with Crippen LogP contribution in [0.15, 0.2) is 0 Å². The smallest absolute Gasteiger partial charge is 0.161 e. The number of aliphatic hydroxyl groups is 1. The van der Waals surface area contributed by atoms with Crippen LogP contribution in [0.25, 0.3) is 0 Å². The molecule has 0 heterocycles. The lowest BCUT2D eigenvalue weighted by Crippen LogP contribution is -2.58. The number of hydrogen-bond acceptors (Lipinski definition) is 3. The maximum atomic E-state index is 12.3. The van der Waals surface area contributed by atoms with E-state index in [0.717, 1.165) is 24.7 Å². The molecule has 0 saturated heterocycles. The zero-order chi connectivity index (χ0) is 17.3. The highest BCUT2D eigenvalue weighted by molar-refractivity contribution is 5.86. The molecule has 4 aliphatic rings. The fourth-order valence-corrected chi connectivity index (χ4v) is 7.89. The third-order valence-electron chi connectivity index (χ3n) is 9.44. The average Bonchev–Trinajstić information content (AvgIpc) is 2.81. The monoisotopic (exact) mass is 333 g/mol. The van der Waals surface area contributed by atoms with Gasteiger partial charge in [0.15, 0.2) is 5.78 Å². The van der Waals surface area contributed by atoms with Gasteiger partial charge in [-0.3, -0.25) is 4.79 Å². The molecule has 0 spiro atoms. The topological polar surface area (TPSA) is 63.3 Å². The van der Waals surface area contributed by atoms with Crippen LogP contribution in [-0.2, 0) is 4.79 Å². The third kappa shape index (κ3) is 2.00. The second-order valence-corrected chi connectivity index (χ2v) is 10.1. The third-order valence-corrected chi connectivity index (χ3v) is 9.44. The van der Waals surface area contributed by atoms with E-state index >= 15 is 0 Å². The number of nitrogens with two attached hydrogens (primary N) is 1. The summed E-state index contributed by atoms with van der Waals surface area (Å²) >= 11 is 0. The number of hydrogen-bond donors (Lipinski definition) is 2. The molecule has 0 amide bonds. The summed E-state index contributed by atoms with van der Waals surface area (Å²) in [4.78, 5) is 12.3. The Hall–Kier alpha value is -0.410. The van der Waals surface area contributed by atoms with Gasteiger partial charge in [-0.05, 0) is 93.8 Å². The standard InChI is InChI=1S/C21H35NO2/c1-13(23)21(24)11-8-18-16-5-4-14-12-15(22)6-9-19(14,2)17(16)7-10-20(18,21)3/h14-18,24H,4-12,22H2,1-3H3/t14-,15+,16+,17-,18-,19-,20-,21-/m0/s1. The van der Waals surface area contributed by atoms with Crippen molar-refractivity contribution >= 4 is 5.78 Å². The molecule has 0 aromatic rings. The van der Waals surface area contributed by atoms with E-state index in [9.17, 15) is 9.90 Å². The molecule has 0 aromatic heterocycles. The largest absolute Gasteiger partial charge is 0.382 e. The van der Waals surface area contributed by atoms with Crippen LogP contribution in [0.5, 0.6) is 0 Å². The van der Waals surface area contributed by atoms with E-state index < -0.39 is 5.60 Å². The van der Waals surface area contributed by atoms with Crippen molar-refractivity contribution in [3.63, 3.8) is 0 Å². The molecule has 0 unspecified atom stereocenters. The molecule has 4 fully saturated rings. The number of Topliss-reactive ketones (excluding diaryl/α,β-unsaturated/α-hetero) is 1. The summed E-state index contributed by atoms with van der Waals surface area (Å²) in [5.41, 5.74) is 5.44. The Morgan fingerprint density at radius 2 is 1.71 bits per heavy atom. The van der Waals surface area contributed by atoms with Gasteiger partial charge in [-0.2, -0.15) is 0 Å². The second kappa shape index (κ2) is 5.30. The van der Waals surface area contributed by atoms with E-state index in [1.54, 1.807) is 6.92 Å². The van der Waals surface area contributed by atoms with E-state index in [2.05, 4.69) is 13.8 Å². The molecule has 3 heteroatoms. The van der Waals surface area contributed by atoms with Gasteiger partial charge in [-0.15, -0.1) is 0 Å². The van der Waals surface area contributed by atoms with E-state index in [1.165, 1.54) is 38.5 Å². The highest BCUT2D eigenvalue weighted by Crippen LogP contribution is 2.68. The molecule has 136 valence electrons. The fourth-order valence-electron chi connectivity index (χ4n) is 7.89.